The first kappa shape index (κ1) is 24.6. The number of rotatable bonds is 7. The van der Waals surface area contributed by atoms with Gasteiger partial charge in [0.15, 0.2) is 0 Å². The van der Waals surface area contributed by atoms with Gasteiger partial charge in [-0.3, -0.25) is 5.10 Å². The predicted molar refractivity (Wildman–Crippen MR) is 154 cm³/mol. The van der Waals surface area contributed by atoms with E-state index in [9.17, 15) is 4.39 Å². The fourth-order valence-corrected chi connectivity index (χ4v) is 5.23. The molecular weight excluding hydrogens is 491 g/mol. The second-order valence-corrected chi connectivity index (χ2v) is 9.87. The molecule has 6 aromatic rings. The standard InChI is InChI=1S/C31H29FN6O/c1-17-23-12-18(7-9-28(23)38-37-17)24-15-26(34)29(36-31(24)25-13-20(32)8-10-30(25)39-2)14-21(33)11-19-16-35-27-6-4-3-5-22(19)27/h3-10,12-13,15-16,21,35H,11,14,33-34H2,1-2H3,(H,37,38)/t21-/m0/s1. The molecule has 7 nitrogen and oxygen atoms in total. The lowest BCUT2D eigenvalue weighted by atomic mass is 9.94. The number of nitrogen functional groups attached to an aromatic ring is 1. The molecule has 0 aliphatic rings. The highest BCUT2D eigenvalue weighted by atomic mass is 19.1. The third kappa shape index (κ3) is 4.59. The number of methoxy groups -OCH3 is 1. The van der Waals surface area contributed by atoms with E-state index in [1.54, 1.807) is 13.2 Å². The maximum atomic E-state index is 14.5. The smallest absolute Gasteiger partial charge is 0.128 e. The summed E-state index contributed by atoms with van der Waals surface area (Å²) in [5, 5.41) is 9.50. The molecule has 0 fully saturated rings. The number of nitrogens with two attached hydrogens (primary N) is 2. The highest BCUT2D eigenvalue weighted by Gasteiger charge is 2.20. The molecule has 196 valence electrons. The molecule has 6 rings (SSSR count). The van der Waals surface area contributed by atoms with E-state index in [-0.39, 0.29) is 11.9 Å². The monoisotopic (exact) mass is 520 g/mol. The number of aryl methyl sites for hydroxylation is 1. The van der Waals surface area contributed by atoms with Gasteiger partial charge in [-0.25, -0.2) is 9.37 Å². The molecule has 0 aliphatic heterocycles. The number of hydrogen-bond acceptors (Lipinski definition) is 5. The van der Waals surface area contributed by atoms with Crippen molar-refractivity contribution < 1.29 is 9.13 Å². The van der Waals surface area contributed by atoms with E-state index >= 15 is 0 Å². The lowest BCUT2D eigenvalue weighted by Crippen LogP contribution is -2.26. The van der Waals surface area contributed by atoms with Gasteiger partial charge in [0.05, 0.1) is 29.7 Å². The average Bonchev–Trinajstić information content (AvgIpc) is 3.52. The second kappa shape index (κ2) is 9.89. The van der Waals surface area contributed by atoms with Gasteiger partial charge in [-0.2, -0.15) is 5.10 Å². The third-order valence-electron chi connectivity index (χ3n) is 7.22. The highest BCUT2D eigenvalue weighted by molar-refractivity contribution is 5.92. The number of H-pyrrole nitrogens is 2. The molecule has 0 amide bonds. The molecule has 3 aromatic carbocycles. The van der Waals surface area contributed by atoms with Gasteiger partial charge in [0, 0.05) is 51.8 Å². The number of pyridine rings is 1. The van der Waals surface area contributed by atoms with Crippen LogP contribution < -0.4 is 16.2 Å². The van der Waals surface area contributed by atoms with E-state index < -0.39 is 0 Å². The minimum absolute atomic E-state index is 0.225. The van der Waals surface area contributed by atoms with Crippen molar-refractivity contribution in [1.29, 1.82) is 0 Å². The van der Waals surface area contributed by atoms with Gasteiger partial charge in [0.1, 0.15) is 11.6 Å². The third-order valence-corrected chi connectivity index (χ3v) is 7.22. The van der Waals surface area contributed by atoms with Crippen molar-refractivity contribution in [3.8, 4) is 28.1 Å². The lowest BCUT2D eigenvalue weighted by molar-refractivity contribution is 0.415. The van der Waals surface area contributed by atoms with E-state index in [1.165, 1.54) is 12.1 Å². The van der Waals surface area contributed by atoms with E-state index in [0.717, 1.165) is 44.2 Å². The summed E-state index contributed by atoms with van der Waals surface area (Å²) < 4.78 is 20.1. The van der Waals surface area contributed by atoms with Crippen LogP contribution in [0.15, 0.2) is 72.9 Å². The number of halogens is 1. The molecule has 0 radical (unpaired) electrons. The van der Waals surface area contributed by atoms with Gasteiger partial charge in [-0.15, -0.1) is 0 Å². The summed E-state index contributed by atoms with van der Waals surface area (Å²) in [6.45, 7) is 1.97. The number of anilines is 1. The van der Waals surface area contributed by atoms with Gasteiger partial charge >= 0.3 is 0 Å². The van der Waals surface area contributed by atoms with Crippen LogP contribution in [0.4, 0.5) is 10.1 Å². The average molecular weight is 521 g/mol. The van der Waals surface area contributed by atoms with Crippen molar-refractivity contribution in [1.82, 2.24) is 20.2 Å². The van der Waals surface area contributed by atoms with Crippen molar-refractivity contribution in [2.24, 2.45) is 5.73 Å². The molecule has 0 bridgehead atoms. The largest absolute Gasteiger partial charge is 0.496 e. The number of fused-ring (bicyclic) bond motifs is 2. The summed E-state index contributed by atoms with van der Waals surface area (Å²) in [5.74, 6) is 0.138. The SMILES string of the molecule is COc1ccc(F)cc1-c1nc(C[C@@H](N)Cc2c[nH]c3ccccc23)c(N)cc1-c1ccc2n[nH]c(C)c2c1. The van der Waals surface area contributed by atoms with Gasteiger partial charge in [0.25, 0.3) is 0 Å². The van der Waals surface area contributed by atoms with Gasteiger partial charge in [-0.05, 0) is 66.9 Å². The molecule has 0 saturated carbocycles. The molecule has 0 unspecified atom stereocenters. The Hall–Kier alpha value is -4.69. The number of ether oxygens (including phenoxy) is 1. The van der Waals surface area contributed by atoms with Crippen LogP contribution in [0.5, 0.6) is 5.75 Å². The molecule has 0 saturated heterocycles. The molecular formula is C31H29FN6O. The van der Waals surface area contributed by atoms with E-state index in [0.29, 0.717) is 41.2 Å². The maximum Gasteiger partial charge on any atom is 0.128 e. The van der Waals surface area contributed by atoms with Crippen LogP contribution in [-0.4, -0.2) is 33.3 Å². The Morgan fingerprint density at radius 2 is 1.82 bits per heavy atom. The van der Waals surface area contributed by atoms with Crippen LogP contribution in [0.25, 0.3) is 44.2 Å². The van der Waals surface area contributed by atoms with Crippen LogP contribution in [0, 0.1) is 12.7 Å². The van der Waals surface area contributed by atoms with E-state index in [4.69, 9.17) is 21.2 Å². The molecule has 0 spiro atoms. The zero-order valence-corrected chi connectivity index (χ0v) is 21.8. The number of para-hydroxylation sites is 1. The maximum absolute atomic E-state index is 14.5. The fourth-order valence-electron chi connectivity index (χ4n) is 5.23. The number of nitrogens with zero attached hydrogens (tertiary/aromatic N) is 2. The first-order valence-electron chi connectivity index (χ1n) is 12.8. The van der Waals surface area contributed by atoms with Crippen molar-refractivity contribution in [3.05, 3.63) is 95.7 Å². The molecule has 0 aliphatic carbocycles. The van der Waals surface area contributed by atoms with Crippen LogP contribution in [0.1, 0.15) is 17.0 Å². The van der Waals surface area contributed by atoms with Crippen molar-refractivity contribution >= 4 is 27.5 Å². The molecule has 3 aromatic heterocycles. The topological polar surface area (TPSA) is 119 Å². The first-order valence-corrected chi connectivity index (χ1v) is 12.8. The minimum Gasteiger partial charge on any atom is -0.496 e. The Morgan fingerprint density at radius 1 is 0.974 bits per heavy atom. The second-order valence-electron chi connectivity index (χ2n) is 9.87. The van der Waals surface area contributed by atoms with E-state index in [1.807, 2.05) is 55.6 Å². The Morgan fingerprint density at radius 3 is 2.67 bits per heavy atom. The number of aromatic amines is 2. The van der Waals surface area contributed by atoms with Crippen molar-refractivity contribution in [3.63, 3.8) is 0 Å². The van der Waals surface area contributed by atoms with Crippen molar-refractivity contribution in [2.45, 2.75) is 25.8 Å². The number of benzene rings is 3. The molecule has 3 heterocycles. The summed E-state index contributed by atoms with van der Waals surface area (Å²) in [6, 6.07) is 20.2. The summed E-state index contributed by atoms with van der Waals surface area (Å²) in [6.07, 6.45) is 3.11. The summed E-state index contributed by atoms with van der Waals surface area (Å²) in [4.78, 5) is 8.31. The lowest BCUT2D eigenvalue weighted by Gasteiger charge is -2.18. The van der Waals surface area contributed by atoms with Crippen LogP contribution >= 0.6 is 0 Å². The molecule has 39 heavy (non-hydrogen) atoms. The van der Waals surface area contributed by atoms with Gasteiger partial charge < -0.3 is 21.2 Å². The summed E-state index contributed by atoms with van der Waals surface area (Å²) >= 11 is 0. The Balaban J connectivity index is 1.44. The van der Waals surface area contributed by atoms with Crippen molar-refractivity contribution in [2.75, 3.05) is 12.8 Å². The van der Waals surface area contributed by atoms with E-state index in [2.05, 4.69) is 21.2 Å². The van der Waals surface area contributed by atoms with Gasteiger partial charge in [-0.1, -0.05) is 24.3 Å². The quantitative estimate of drug-likeness (QED) is 0.208. The Labute approximate surface area is 225 Å². The number of nitrogens with one attached hydrogen (secondary N) is 2. The molecule has 1 atom stereocenters. The van der Waals surface area contributed by atoms with Gasteiger partial charge in [0.2, 0.25) is 0 Å². The Kier molecular flexibility index (Phi) is 6.24. The van der Waals surface area contributed by atoms with Crippen LogP contribution in [-0.2, 0) is 12.8 Å². The molecule has 6 N–H and O–H groups in total. The molecule has 8 heteroatoms. The predicted octanol–water partition coefficient (Wildman–Crippen LogP) is 5.92. The number of hydrogen-bond donors (Lipinski definition) is 4. The zero-order valence-electron chi connectivity index (χ0n) is 21.8. The number of aromatic nitrogens is 4. The normalized spacial score (nSPS) is 12.3. The Bertz CT molecular complexity index is 1820. The zero-order chi connectivity index (χ0) is 27.1. The fraction of sp³-hybridized carbons (Fsp3) is 0.161. The summed E-state index contributed by atoms with van der Waals surface area (Å²) in [5.41, 5.74) is 21.2. The highest BCUT2D eigenvalue weighted by Crippen LogP contribution is 2.39. The minimum atomic E-state index is -0.380. The summed E-state index contributed by atoms with van der Waals surface area (Å²) in [7, 11) is 1.56. The van der Waals surface area contributed by atoms with Crippen LogP contribution in [0.3, 0.4) is 0 Å². The first-order chi connectivity index (χ1) is 18.9. The van der Waals surface area contributed by atoms with Crippen LogP contribution in [0.2, 0.25) is 0 Å².